The van der Waals surface area contributed by atoms with Crippen molar-refractivity contribution in [2.75, 3.05) is 0 Å². The van der Waals surface area contributed by atoms with Crippen molar-refractivity contribution in [1.82, 2.24) is 10.3 Å². The predicted molar refractivity (Wildman–Crippen MR) is 75.1 cm³/mol. The van der Waals surface area contributed by atoms with E-state index in [9.17, 15) is 18.9 Å². The zero-order valence-corrected chi connectivity index (χ0v) is 12.2. The molecule has 5 nitrogen and oxygen atoms in total. The van der Waals surface area contributed by atoms with Gasteiger partial charge in [0.25, 0.3) is 0 Å². The standard InChI is InChI=1S/C13H13F2N3O2S/c1-7-6-21-13(17-7)8(2)16-5-9-3-12(18(19)20)11(15)4-10(9)14/h3-4,6,8,16H,5H2,1-2H3. The summed E-state index contributed by atoms with van der Waals surface area (Å²) in [5, 5.41) is 16.4. The highest BCUT2D eigenvalue weighted by Crippen LogP contribution is 2.23. The summed E-state index contributed by atoms with van der Waals surface area (Å²) in [7, 11) is 0. The number of nitro benzene ring substituents is 1. The lowest BCUT2D eigenvalue weighted by molar-refractivity contribution is -0.387. The maximum Gasteiger partial charge on any atom is 0.305 e. The van der Waals surface area contributed by atoms with Gasteiger partial charge in [-0.25, -0.2) is 9.37 Å². The predicted octanol–water partition coefficient (Wildman–Crippen LogP) is 3.49. The average molecular weight is 313 g/mol. The van der Waals surface area contributed by atoms with E-state index in [1.165, 1.54) is 11.3 Å². The molecular weight excluding hydrogens is 300 g/mol. The van der Waals surface area contributed by atoms with E-state index in [1.54, 1.807) is 0 Å². The fourth-order valence-corrected chi connectivity index (χ4v) is 2.61. The molecular formula is C13H13F2N3O2S. The molecule has 0 fully saturated rings. The van der Waals surface area contributed by atoms with Crippen LogP contribution in [0.5, 0.6) is 0 Å². The minimum atomic E-state index is -1.18. The first-order chi connectivity index (χ1) is 9.88. The summed E-state index contributed by atoms with van der Waals surface area (Å²) in [4.78, 5) is 14.1. The Kier molecular flexibility index (Phi) is 4.59. The summed E-state index contributed by atoms with van der Waals surface area (Å²) in [6.45, 7) is 3.77. The number of nitrogens with one attached hydrogen (secondary N) is 1. The van der Waals surface area contributed by atoms with Crippen LogP contribution < -0.4 is 5.32 Å². The van der Waals surface area contributed by atoms with Crippen molar-refractivity contribution in [2.45, 2.75) is 26.4 Å². The molecule has 0 aliphatic carbocycles. The van der Waals surface area contributed by atoms with Gasteiger partial charge in [0.2, 0.25) is 5.82 Å². The SMILES string of the molecule is Cc1csc(C(C)NCc2cc([N+](=O)[O-])c(F)cc2F)n1. The molecule has 0 saturated carbocycles. The van der Waals surface area contributed by atoms with Crippen molar-refractivity contribution in [3.63, 3.8) is 0 Å². The van der Waals surface area contributed by atoms with E-state index in [4.69, 9.17) is 0 Å². The molecule has 112 valence electrons. The molecule has 2 aromatic rings. The molecule has 0 aliphatic rings. The van der Waals surface area contributed by atoms with Crippen LogP contribution in [-0.2, 0) is 6.54 Å². The summed E-state index contributed by atoms with van der Waals surface area (Å²) in [6, 6.07) is 1.32. The number of aromatic nitrogens is 1. The van der Waals surface area contributed by atoms with Crippen molar-refractivity contribution < 1.29 is 13.7 Å². The Bertz CT molecular complexity index is 675. The number of halogens is 2. The number of hydrogen-bond donors (Lipinski definition) is 1. The number of rotatable bonds is 5. The molecule has 0 saturated heterocycles. The molecule has 0 aliphatic heterocycles. The Morgan fingerprint density at radius 3 is 2.71 bits per heavy atom. The minimum absolute atomic E-state index is 0.0447. The minimum Gasteiger partial charge on any atom is -0.304 e. The highest BCUT2D eigenvalue weighted by Gasteiger charge is 2.19. The molecule has 1 aromatic carbocycles. The Morgan fingerprint density at radius 1 is 1.43 bits per heavy atom. The second kappa shape index (κ2) is 6.23. The van der Waals surface area contributed by atoms with E-state index in [0.29, 0.717) is 6.07 Å². The Labute approximate surface area is 123 Å². The lowest BCUT2D eigenvalue weighted by atomic mass is 10.1. The van der Waals surface area contributed by atoms with Gasteiger partial charge in [-0.15, -0.1) is 11.3 Å². The van der Waals surface area contributed by atoms with Gasteiger partial charge < -0.3 is 5.32 Å². The summed E-state index contributed by atoms with van der Waals surface area (Å²) in [5.74, 6) is -1.99. The fourth-order valence-electron chi connectivity index (χ4n) is 1.78. The fraction of sp³-hybridized carbons (Fsp3) is 0.308. The monoisotopic (exact) mass is 313 g/mol. The number of hydrogen-bond acceptors (Lipinski definition) is 5. The molecule has 21 heavy (non-hydrogen) atoms. The molecule has 0 spiro atoms. The third-order valence-electron chi connectivity index (χ3n) is 2.92. The lowest BCUT2D eigenvalue weighted by Gasteiger charge is -2.11. The largest absolute Gasteiger partial charge is 0.305 e. The average Bonchev–Trinajstić information content (AvgIpc) is 2.83. The van der Waals surface area contributed by atoms with Crippen molar-refractivity contribution >= 4 is 17.0 Å². The molecule has 0 amide bonds. The van der Waals surface area contributed by atoms with Crippen LogP contribution >= 0.6 is 11.3 Å². The smallest absolute Gasteiger partial charge is 0.304 e. The number of nitro groups is 1. The van der Waals surface area contributed by atoms with Crippen molar-refractivity contribution in [1.29, 1.82) is 0 Å². The van der Waals surface area contributed by atoms with Crippen LogP contribution in [0.2, 0.25) is 0 Å². The molecule has 1 N–H and O–H groups in total. The topological polar surface area (TPSA) is 68.1 Å². The first-order valence-corrected chi connectivity index (χ1v) is 7.04. The summed E-state index contributed by atoms with van der Waals surface area (Å²) in [6.07, 6.45) is 0. The summed E-state index contributed by atoms with van der Waals surface area (Å²) in [5.41, 5.74) is 0.210. The molecule has 1 atom stereocenters. The summed E-state index contributed by atoms with van der Waals surface area (Å²) < 4.78 is 26.9. The number of thiazole rings is 1. The van der Waals surface area contributed by atoms with E-state index in [1.807, 2.05) is 19.2 Å². The molecule has 1 heterocycles. The van der Waals surface area contributed by atoms with E-state index in [2.05, 4.69) is 10.3 Å². The van der Waals surface area contributed by atoms with Crippen molar-refractivity contribution in [2.24, 2.45) is 0 Å². The second-order valence-electron chi connectivity index (χ2n) is 4.58. The maximum absolute atomic E-state index is 13.6. The van der Waals surface area contributed by atoms with Gasteiger partial charge in [0.15, 0.2) is 0 Å². The van der Waals surface area contributed by atoms with E-state index < -0.39 is 22.2 Å². The quantitative estimate of drug-likeness (QED) is 0.678. The van der Waals surface area contributed by atoms with Gasteiger partial charge in [-0.05, 0) is 13.8 Å². The van der Waals surface area contributed by atoms with Gasteiger partial charge in [-0.1, -0.05) is 0 Å². The van der Waals surface area contributed by atoms with Crippen LogP contribution in [0.4, 0.5) is 14.5 Å². The highest BCUT2D eigenvalue weighted by molar-refractivity contribution is 7.09. The number of aryl methyl sites for hydroxylation is 1. The zero-order valence-electron chi connectivity index (χ0n) is 11.4. The van der Waals surface area contributed by atoms with Crippen molar-refractivity contribution in [3.05, 3.63) is 55.5 Å². The van der Waals surface area contributed by atoms with Gasteiger partial charge in [0, 0.05) is 35.3 Å². The van der Waals surface area contributed by atoms with Gasteiger partial charge >= 0.3 is 5.69 Å². The molecule has 8 heteroatoms. The highest BCUT2D eigenvalue weighted by atomic mass is 32.1. The normalized spacial score (nSPS) is 12.4. The Hall–Kier alpha value is -1.93. The molecule has 0 radical (unpaired) electrons. The summed E-state index contributed by atoms with van der Waals surface area (Å²) >= 11 is 1.47. The third kappa shape index (κ3) is 3.59. The van der Waals surface area contributed by atoms with Gasteiger partial charge in [0.05, 0.1) is 11.0 Å². The van der Waals surface area contributed by atoms with Crippen LogP contribution in [0, 0.1) is 28.7 Å². The maximum atomic E-state index is 13.6. The van der Waals surface area contributed by atoms with Crippen LogP contribution in [0.1, 0.15) is 29.2 Å². The van der Waals surface area contributed by atoms with E-state index in [-0.39, 0.29) is 18.2 Å². The molecule has 0 bridgehead atoms. The lowest BCUT2D eigenvalue weighted by Crippen LogP contribution is -2.19. The van der Waals surface area contributed by atoms with Crippen molar-refractivity contribution in [3.8, 4) is 0 Å². The van der Waals surface area contributed by atoms with Gasteiger partial charge in [-0.2, -0.15) is 4.39 Å². The Morgan fingerprint density at radius 2 is 2.14 bits per heavy atom. The van der Waals surface area contributed by atoms with E-state index >= 15 is 0 Å². The zero-order chi connectivity index (χ0) is 15.6. The van der Waals surface area contributed by atoms with Crippen LogP contribution in [0.3, 0.4) is 0 Å². The molecule has 1 aromatic heterocycles. The second-order valence-corrected chi connectivity index (χ2v) is 5.47. The van der Waals surface area contributed by atoms with E-state index in [0.717, 1.165) is 16.8 Å². The van der Waals surface area contributed by atoms with Crippen LogP contribution in [-0.4, -0.2) is 9.91 Å². The first-order valence-electron chi connectivity index (χ1n) is 6.16. The van der Waals surface area contributed by atoms with Crippen LogP contribution in [0.15, 0.2) is 17.5 Å². The Balaban J connectivity index is 2.12. The number of nitrogens with zero attached hydrogens (tertiary/aromatic N) is 2. The van der Waals surface area contributed by atoms with Gasteiger partial charge in [-0.3, -0.25) is 10.1 Å². The van der Waals surface area contributed by atoms with Crippen LogP contribution in [0.25, 0.3) is 0 Å². The molecule has 1 unspecified atom stereocenters. The first kappa shape index (κ1) is 15.5. The molecule has 2 rings (SSSR count). The van der Waals surface area contributed by atoms with Gasteiger partial charge in [0.1, 0.15) is 10.8 Å². The number of benzene rings is 1. The third-order valence-corrected chi connectivity index (χ3v) is 4.06.